The fraction of sp³-hybridized carbons (Fsp3) is 0.625. The highest BCUT2D eigenvalue weighted by atomic mass is 15.2. The number of likely N-dealkylation sites (N-methyl/N-ethyl adjacent to an activating group) is 2. The fourth-order valence-electron chi connectivity index (χ4n) is 2.99. The number of anilines is 1. The van der Waals surface area contributed by atoms with E-state index in [-0.39, 0.29) is 6.04 Å². The number of nitrogens with zero attached hydrogens (tertiary/aromatic N) is 2. The lowest BCUT2D eigenvalue weighted by atomic mass is 9.99. The summed E-state index contributed by atoms with van der Waals surface area (Å²) in [7, 11) is 4.43. The molecule has 1 heterocycles. The molecule has 1 fully saturated rings. The highest BCUT2D eigenvalue weighted by Gasteiger charge is 2.23. The normalized spacial score (nSPS) is 22.2. The third-order valence-electron chi connectivity index (χ3n) is 4.30. The van der Waals surface area contributed by atoms with Gasteiger partial charge in [-0.25, -0.2) is 0 Å². The van der Waals surface area contributed by atoms with Gasteiger partial charge in [0.15, 0.2) is 0 Å². The number of hydrogen-bond donors (Lipinski definition) is 1. The van der Waals surface area contributed by atoms with Gasteiger partial charge in [-0.15, -0.1) is 0 Å². The lowest BCUT2D eigenvalue weighted by molar-refractivity contribution is 0.248. The van der Waals surface area contributed by atoms with Crippen molar-refractivity contribution in [3.05, 3.63) is 29.8 Å². The second-order valence-corrected chi connectivity index (χ2v) is 5.74. The minimum Gasteiger partial charge on any atom is -0.370 e. The molecule has 1 saturated heterocycles. The van der Waals surface area contributed by atoms with Gasteiger partial charge in [0, 0.05) is 31.4 Å². The number of piperidine rings is 1. The lowest BCUT2D eigenvalue weighted by Gasteiger charge is -2.38. The average molecular weight is 261 g/mol. The topological polar surface area (TPSA) is 32.5 Å². The highest BCUT2D eigenvalue weighted by Crippen LogP contribution is 2.29. The number of likely N-dealkylation sites (tertiary alicyclic amines) is 1. The van der Waals surface area contributed by atoms with Crippen molar-refractivity contribution in [1.82, 2.24) is 4.90 Å². The first-order valence-corrected chi connectivity index (χ1v) is 7.39. The van der Waals surface area contributed by atoms with E-state index in [0.717, 1.165) is 13.0 Å². The third-order valence-corrected chi connectivity index (χ3v) is 4.30. The van der Waals surface area contributed by atoms with Crippen LogP contribution in [0.1, 0.15) is 37.8 Å². The summed E-state index contributed by atoms with van der Waals surface area (Å²) in [4.78, 5) is 4.85. The van der Waals surface area contributed by atoms with Gasteiger partial charge in [0.2, 0.25) is 0 Å². The maximum atomic E-state index is 6.25. The largest absolute Gasteiger partial charge is 0.370 e. The Balaban J connectivity index is 2.20. The number of rotatable bonds is 4. The third kappa shape index (κ3) is 3.28. The number of para-hydroxylation sites is 1. The molecule has 0 aromatic heterocycles. The molecule has 1 aliphatic heterocycles. The van der Waals surface area contributed by atoms with Crippen molar-refractivity contribution in [2.75, 3.05) is 32.1 Å². The molecular weight excluding hydrogens is 234 g/mol. The molecule has 1 aromatic rings. The maximum Gasteiger partial charge on any atom is 0.0414 e. The smallest absolute Gasteiger partial charge is 0.0414 e. The molecule has 2 rings (SSSR count). The number of nitrogens with two attached hydrogens (primary N) is 1. The molecule has 0 radical (unpaired) electrons. The van der Waals surface area contributed by atoms with Crippen LogP contribution >= 0.6 is 0 Å². The lowest BCUT2D eigenvalue weighted by Crippen LogP contribution is -2.45. The predicted octanol–water partition coefficient (Wildman–Crippen LogP) is 2.63. The second-order valence-electron chi connectivity index (χ2n) is 5.74. The van der Waals surface area contributed by atoms with Gasteiger partial charge in [-0.1, -0.05) is 25.1 Å². The first-order valence-electron chi connectivity index (χ1n) is 7.39. The minimum atomic E-state index is 0.139. The van der Waals surface area contributed by atoms with Crippen molar-refractivity contribution >= 4 is 5.69 Å². The van der Waals surface area contributed by atoms with Crippen LogP contribution in [-0.2, 0) is 0 Å². The quantitative estimate of drug-likeness (QED) is 0.904. The molecule has 3 nitrogen and oxygen atoms in total. The van der Waals surface area contributed by atoms with E-state index in [0.29, 0.717) is 6.04 Å². The van der Waals surface area contributed by atoms with Gasteiger partial charge >= 0.3 is 0 Å². The van der Waals surface area contributed by atoms with Crippen molar-refractivity contribution in [2.24, 2.45) is 5.73 Å². The highest BCUT2D eigenvalue weighted by molar-refractivity contribution is 5.55. The molecule has 1 aromatic carbocycles. The summed E-state index contributed by atoms with van der Waals surface area (Å²) in [6.45, 7) is 4.52. The Labute approximate surface area is 117 Å². The molecule has 2 unspecified atom stereocenters. The Morgan fingerprint density at radius 1 is 1.42 bits per heavy atom. The summed E-state index contributed by atoms with van der Waals surface area (Å²) in [6, 6.07) is 9.33. The molecular formula is C16H27N3. The van der Waals surface area contributed by atoms with E-state index in [4.69, 9.17) is 5.73 Å². The summed E-state index contributed by atoms with van der Waals surface area (Å²) in [5.41, 5.74) is 8.83. The number of benzene rings is 1. The van der Waals surface area contributed by atoms with Crippen LogP contribution in [0.5, 0.6) is 0 Å². The Morgan fingerprint density at radius 3 is 2.84 bits per heavy atom. The van der Waals surface area contributed by atoms with E-state index in [1.54, 1.807) is 0 Å². The van der Waals surface area contributed by atoms with Crippen LogP contribution in [0.25, 0.3) is 0 Å². The van der Waals surface area contributed by atoms with Crippen molar-refractivity contribution in [2.45, 2.75) is 38.3 Å². The van der Waals surface area contributed by atoms with Crippen molar-refractivity contribution in [3.8, 4) is 0 Å². The molecule has 2 N–H and O–H groups in total. The molecule has 0 amide bonds. The summed E-state index contributed by atoms with van der Waals surface area (Å²) in [6.07, 6.45) is 3.54. The zero-order valence-corrected chi connectivity index (χ0v) is 12.5. The molecule has 2 atom stereocenters. The van der Waals surface area contributed by atoms with Crippen molar-refractivity contribution in [1.29, 1.82) is 0 Å². The van der Waals surface area contributed by atoms with Crippen LogP contribution in [0.2, 0.25) is 0 Å². The van der Waals surface area contributed by atoms with E-state index in [2.05, 4.69) is 55.1 Å². The molecule has 19 heavy (non-hydrogen) atoms. The molecule has 0 spiro atoms. The molecule has 0 aliphatic carbocycles. The first kappa shape index (κ1) is 14.4. The summed E-state index contributed by atoms with van der Waals surface area (Å²) < 4.78 is 0. The Hall–Kier alpha value is -1.06. The number of hydrogen-bond acceptors (Lipinski definition) is 3. The van der Waals surface area contributed by atoms with Crippen LogP contribution in [0.15, 0.2) is 24.3 Å². The Morgan fingerprint density at radius 2 is 2.16 bits per heavy atom. The zero-order valence-electron chi connectivity index (χ0n) is 12.5. The molecule has 3 heteroatoms. The molecule has 0 saturated carbocycles. The van der Waals surface area contributed by atoms with Crippen LogP contribution in [-0.4, -0.2) is 38.1 Å². The summed E-state index contributed by atoms with van der Waals surface area (Å²) in [5, 5.41) is 0. The van der Waals surface area contributed by atoms with E-state index in [1.165, 1.54) is 30.6 Å². The van der Waals surface area contributed by atoms with Gasteiger partial charge in [0.25, 0.3) is 0 Å². The van der Waals surface area contributed by atoms with E-state index in [9.17, 15) is 0 Å². The van der Waals surface area contributed by atoms with Crippen LogP contribution in [0.3, 0.4) is 0 Å². The molecule has 0 bridgehead atoms. The first-order chi connectivity index (χ1) is 9.13. The molecule has 1 aliphatic rings. The standard InChI is InChI=1S/C16H27N3/c1-4-15(17)14-9-5-6-10-16(14)19(3)13-8-7-11-18(2)12-13/h5-6,9-10,13,15H,4,7-8,11-12,17H2,1-3H3. The Kier molecular flexibility index (Phi) is 4.83. The van der Waals surface area contributed by atoms with Gasteiger partial charge in [0.05, 0.1) is 0 Å². The minimum absolute atomic E-state index is 0.139. The van der Waals surface area contributed by atoms with E-state index in [1.807, 2.05) is 0 Å². The van der Waals surface area contributed by atoms with Gasteiger partial charge < -0.3 is 15.5 Å². The second kappa shape index (κ2) is 6.40. The van der Waals surface area contributed by atoms with Gasteiger partial charge in [-0.2, -0.15) is 0 Å². The van der Waals surface area contributed by atoms with Crippen LogP contribution in [0.4, 0.5) is 5.69 Å². The summed E-state index contributed by atoms with van der Waals surface area (Å²) in [5.74, 6) is 0. The predicted molar refractivity (Wildman–Crippen MR) is 82.6 cm³/mol. The summed E-state index contributed by atoms with van der Waals surface area (Å²) >= 11 is 0. The van der Waals surface area contributed by atoms with E-state index < -0.39 is 0 Å². The zero-order chi connectivity index (χ0) is 13.8. The van der Waals surface area contributed by atoms with Crippen molar-refractivity contribution < 1.29 is 0 Å². The van der Waals surface area contributed by atoms with Gasteiger partial charge in [0.1, 0.15) is 0 Å². The van der Waals surface area contributed by atoms with Gasteiger partial charge in [-0.05, 0) is 44.5 Å². The monoisotopic (exact) mass is 261 g/mol. The van der Waals surface area contributed by atoms with Crippen LogP contribution < -0.4 is 10.6 Å². The fourth-order valence-corrected chi connectivity index (χ4v) is 2.99. The average Bonchev–Trinajstić information content (AvgIpc) is 2.45. The Bertz CT molecular complexity index is 405. The maximum absolute atomic E-state index is 6.25. The van der Waals surface area contributed by atoms with Crippen LogP contribution in [0, 0.1) is 0 Å². The van der Waals surface area contributed by atoms with Gasteiger partial charge in [-0.3, -0.25) is 0 Å². The van der Waals surface area contributed by atoms with E-state index >= 15 is 0 Å². The molecule has 106 valence electrons. The SMILES string of the molecule is CCC(N)c1ccccc1N(C)C1CCCN(C)C1. The van der Waals surface area contributed by atoms with Crippen molar-refractivity contribution in [3.63, 3.8) is 0 Å².